The summed E-state index contributed by atoms with van der Waals surface area (Å²) in [5.74, 6) is 0. The zero-order chi connectivity index (χ0) is 10.6. The summed E-state index contributed by atoms with van der Waals surface area (Å²) in [6.45, 7) is 0.179. The smallest absolute Gasteiger partial charge is 0.0431 e. The quantitative estimate of drug-likeness (QED) is 0.889. The van der Waals surface area contributed by atoms with Crippen LogP contribution >= 0.6 is 27.5 Å². The van der Waals surface area contributed by atoms with Crippen LogP contribution in [0.4, 0.5) is 0 Å². The van der Waals surface area contributed by atoms with E-state index in [-0.39, 0.29) is 12.6 Å². The van der Waals surface area contributed by atoms with Crippen LogP contribution < -0.4 is 5.73 Å². The number of nitrogens with two attached hydrogens (primary N) is 1. The molecule has 0 aliphatic heterocycles. The Morgan fingerprint density at radius 1 is 1.50 bits per heavy atom. The van der Waals surface area contributed by atoms with Crippen LogP contribution in [-0.4, -0.2) is 11.7 Å². The van der Waals surface area contributed by atoms with Crippen LogP contribution in [0.5, 0.6) is 0 Å². The maximum Gasteiger partial charge on any atom is 0.0431 e. The maximum absolute atomic E-state index is 8.69. The molecule has 0 saturated heterocycles. The second-order valence-corrected chi connectivity index (χ2v) is 4.43. The van der Waals surface area contributed by atoms with Crippen LogP contribution in [0.2, 0.25) is 5.02 Å². The van der Waals surface area contributed by atoms with E-state index in [2.05, 4.69) is 15.9 Å². The first-order chi connectivity index (χ1) is 6.65. The van der Waals surface area contributed by atoms with Gasteiger partial charge in [0.1, 0.15) is 0 Å². The molecule has 0 bridgehead atoms. The fraction of sp³-hybridized carbons (Fsp3) is 0.400. The van der Waals surface area contributed by atoms with E-state index in [4.69, 9.17) is 22.4 Å². The number of aliphatic hydroxyl groups excluding tert-OH is 1. The van der Waals surface area contributed by atoms with Gasteiger partial charge in [0.15, 0.2) is 0 Å². The minimum Gasteiger partial charge on any atom is -0.396 e. The second kappa shape index (κ2) is 5.71. The summed E-state index contributed by atoms with van der Waals surface area (Å²) in [4.78, 5) is 0. The third kappa shape index (κ3) is 3.24. The molecule has 1 aromatic rings. The van der Waals surface area contributed by atoms with Gasteiger partial charge in [0.05, 0.1) is 0 Å². The number of hydrogen-bond donors (Lipinski definition) is 2. The van der Waals surface area contributed by atoms with E-state index < -0.39 is 0 Å². The summed E-state index contributed by atoms with van der Waals surface area (Å²) in [5, 5.41) is 9.38. The third-order valence-corrected chi connectivity index (χ3v) is 2.96. The number of benzene rings is 1. The van der Waals surface area contributed by atoms with Gasteiger partial charge in [0.25, 0.3) is 0 Å². The molecule has 0 amide bonds. The van der Waals surface area contributed by atoms with E-state index in [1.807, 2.05) is 18.2 Å². The summed E-state index contributed by atoms with van der Waals surface area (Å²) >= 11 is 9.23. The van der Waals surface area contributed by atoms with Gasteiger partial charge in [-0.15, -0.1) is 0 Å². The van der Waals surface area contributed by atoms with Crippen LogP contribution in [0, 0.1) is 0 Å². The van der Waals surface area contributed by atoms with E-state index >= 15 is 0 Å². The molecule has 3 N–H and O–H groups in total. The van der Waals surface area contributed by atoms with Gasteiger partial charge in [-0.05, 0) is 30.5 Å². The summed E-state index contributed by atoms with van der Waals surface area (Å²) in [7, 11) is 0. The Morgan fingerprint density at radius 2 is 2.21 bits per heavy atom. The standard InChI is InChI=1S/C10H13BrClNO/c11-9-6-7(12)3-4-8(9)10(13)2-1-5-14/h3-4,6,10,14H,1-2,5,13H2/t10-/m0/s1. The van der Waals surface area contributed by atoms with Crippen molar-refractivity contribution >= 4 is 27.5 Å². The highest BCUT2D eigenvalue weighted by Gasteiger charge is 2.09. The summed E-state index contributed by atoms with van der Waals surface area (Å²) in [6, 6.07) is 5.51. The van der Waals surface area contributed by atoms with Crippen molar-refractivity contribution in [2.75, 3.05) is 6.61 Å². The molecule has 0 aliphatic rings. The lowest BCUT2D eigenvalue weighted by Crippen LogP contribution is -2.11. The molecule has 1 aromatic carbocycles. The molecule has 2 nitrogen and oxygen atoms in total. The predicted octanol–water partition coefficient (Wildman–Crippen LogP) is 2.87. The monoisotopic (exact) mass is 277 g/mol. The topological polar surface area (TPSA) is 46.2 Å². The molecule has 0 heterocycles. The summed E-state index contributed by atoms with van der Waals surface area (Å²) < 4.78 is 0.926. The van der Waals surface area contributed by atoms with Crippen LogP contribution in [-0.2, 0) is 0 Å². The van der Waals surface area contributed by atoms with Gasteiger partial charge in [0, 0.05) is 22.1 Å². The molecule has 0 radical (unpaired) electrons. The molecule has 0 aliphatic carbocycles. The molecule has 0 aromatic heterocycles. The van der Waals surface area contributed by atoms with Gasteiger partial charge in [-0.2, -0.15) is 0 Å². The van der Waals surface area contributed by atoms with Crippen molar-refractivity contribution in [1.82, 2.24) is 0 Å². The molecule has 14 heavy (non-hydrogen) atoms. The fourth-order valence-electron chi connectivity index (χ4n) is 1.27. The van der Waals surface area contributed by atoms with E-state index in [1.165, 1.54) is 0 Å². The maximum atomic E-state index is 8.69. The number of rotatable bonds is 4. The minimum atomic E-state index is -0.0474. The van der Waals surface area contributed by atoms with E-state index in [1.54, 1.807) is 0 Å². The highest BCUT2D eigenvalue weighted by Crippen LogP contribution is 2.27. The average molecular weight is 279 g/mol. The highest BCUT2D eigenvalue weighted by molar-refractivity contribution is 9.10. The zero-order valence-electron chi connectivity index (χ0n) is 7.71. The lowest BCUT2D eigenvalue weighted by molar-refractivity contribution is 0.280. The van der Waals surface area contributed by atoms with Crippen LogP contribution in [0.1, 0.15) is 24.4 Å². The van der Waals surface area contributed by atoms with Gasteiger partial charge >= 0.3 is 0 Å². The molecule has 0 unspecified atom stereocenters. The molecule has 1 atom stereocenters. The Labute approximate surface area is 97.2 Å². The molecular formula is C10H13BrClNO. The van der Waals surface area contributed by atoms with Gasteiger partial charge in [-0.1, -0.05) is 33.6 Å². The van der Waals surface area contributed by atoms with Gasteiger partial charge in [-0.3, -0.25) is 0 Å². The molecular weight excluding hydrogens is 265 g/mol. The normalized spacial score (nSPS) is 12.9. The average Bonchev–Trinajstić information content (AvgIpc) is 2.14. The first kappa shape index (κ1) is 12.0. The van der Waals surface area contributed by atoms with E-state index in [0.29, 0.717) is 5.02 Å². The lowest BCUT2D eigenvalue weighted by Gasteiger charge is -2.13. The Morgan fingerprint density at radius 3 is 2.79 bits per heavy atom. The second-order valence-electron chi connectivity index (χ2n) is 3.14. The molecule has 1 rings (SSSR count). The fourth-order valence-corrected chi connectivity index (χ4v) is 2.25. The van der Waals surface area contributed by atoms with Crippen molar-refractivity contribution in [3.63, 3.8) is 0 Å². The molecule has 4 heteroatoms. The number of aliphatic hydroxyl groups is 1. The van der Waals surface area contributed by atoms with Gasteiger partial charge < -0.3 is 10.8 Å². The third-order valence-electron chi connectivity index (χ3n) is 2.04. The van der Waals surface area contributed by atoms with Crippen molar-refractivity contribution in [1.29, 1.82) is 0 Å². The Kier molecular flexibility index (Phi) is 4.89. The van der Waals surface area contributed by atoms with Crippen molar-refractivity contribution in [3.8, 4) is 0 Å². The lowest BCUT2D eigenvalue weighted by atomic mass is 10.0. The highest BCUT2D eigenvalue weighted by atomic mass is 79.9. The van der Waals surface area contributed by atoms with Gasteiger partial charge in [0.2, 0.25) is 0 Å². The number of halogens is 2. The molecule has 0 saturated carbocycles. The number of hydrogen-bond acceptors (Lipinski definition) is 2. The Balaban J connectivity index is 2.74. The molecule has 78 valence electrons. The van der Waals surface area contributed by atoms with Gasteiger partial charge in [-0.25, -0.2) is 0 Å². The zero-order valence-corrected chi connectivity index (χ0v) is 10.1. The van der Waals surface area contributed by atoms with Crippen LogP contribution in [0.15, 0.2) is 22.7 Å². The molecule has 0 fully saturated rings. The van der Waals surface area contributed by atoms with Crippen molar-refractivity contribution < 1.29 is 5.11 Å². The predicted molar refractivity (Wildman–Crippen MR) is 62.4 cm³/mol. The Bertz CT molecular complexity index is 306. The first-order valence-electron chi connectivity index (χ1n) is 4.46. The SMILES string of the molecule is N[C@@H](CCCO)c1ccc(Cl)cc1Br. The Hall–Kier alpha value is -0.0900. The van der Waals surface area contributed by atoms with Crippen LogP contribution in [0.3, 0.4) is 0 Å². The van der Waals surface area contributed by atoms with Crippen molar-refractivity contribution in [2.24, 2.45) is 5.73 Å². The van der Waals surface area contributed by atoms with Crippen LogP contribution in [0.25, 0.3) is 0 Å². The van der Waals surface area contributed by atoms with Crippen molar-refractivity contribution in [3.05, 3.63) is 33.3 Å². The van der Waals surface area contributed by atoms with Crippen molar-refractivity contribution in [2.45, 2.75) is 18.9 Å². The molecule has 0 spiro atoms. The van der Waals surface area contributed by atoms with E-state index in [0.717, 1.165) is 22.9 Å². The first-order valence-corrected chi connectivity index (χ1v) is 5.63. The minimum absolute atomic E-state index is 0.0474. The van der Waals surface area contributed by atoms with E-state index in [9.17, 15) is 0 Å². The summed E-state index contributed by atoms with van der Waals surface area (Å²) in [6.07, 6.45) is 1.49. The largest absolute Gasteiger partial charge is 0.396 e. The summed E-state index contributed by atoms with van der Waals surface area (Å²) in [5.41, 5.74) is 6.98.